The van der Waals surface area contributed by atoms with E-state index in [1.165, 1.54) is 23.5 Å². The summed E-state index contributed by atoms with van der Waals surface area (Å²) in [5.41, 5.74) is -1.24. The molecule has 0 saturated carbocycles. The first-order chi connectivity index (χ1) is 18.0. The third-order valence-corrected chi connectivity index (χ3v) is 6.90. The molecule has 1 aliphatic heterocycles. The molecule has 5 rings (SSSR count). The molecule has 2 aromatic carbocycles. The van der Waals surface area contributed by atoms with Gasteiger partial charge in [0.05, 0.1) is 10.9 Å². The van der Waals surface area contributed by atoms with Crippen LogP contribution in [0.25, 0.3) is 22.3 Å². The number of nitrogens with zero attached hydrogens (tertiary/aromatic N) is 6. The van der Waals surface area contributed by atoms with Crippen LogP contribution in [0.5, 0.6) is 5.75 Å². The van der Waals surface area contributed by atoms with Gasteiger partial charge in [0.15, 0.2) is 23.0 Å². The van der Waals surface area contributed by atoms with Crippen LogP contribution in [0.4, 0.5) is 27.9 Å². The molecule has 12 heteroatoms. The molecule has 0 spiro atoms. The normalized spacial score (nSPS) is 16.8. The molecule has 1 saturated heterocycles. The van der Waals surface area contributed by atoms with Crippen molar-refractivity contribution in [3.63, 3.8) is 0 Å². The summed E-state index contributed by atoms with van der Waals surface area (Å²) < 4.78 is 69.9. The van der Waals surface area contributed by atoms with Crippen molar-refractivity contribution in [1.29, 1.82) is 0 Å². The van der Waals surface area contributed by atoms with Gasteiger partial charge in [0.25, 0.3) is 0 Å². The Morgan fingerprint density at radius 1 is 1.13 bits per heavy atom. The zero-order valence-electron chi connectivity index (χ0n) is 20.7. The Balaban J connectivity index is 1.45. The number of phenolic OH excluding ortho intramolecular Hbond substituents is 1. The van der Waals surface area contributed by atoms with Crippen molar-refractivity contribution in [2.24, 2.45) is 7.05 Å². The number of aromatic nitrogens is 4. The zero-order chi connectivity index (χ0) is 27.2. The van der Waals surface area contributed by atoms with E-state index in [2.05, 4.69) is 32.1 Å². The number of likely N-dealkylation sites (tertiary alicyclic amines) is 1. The quantitative estimate of drug-likeness (QED) is 0.360. The summed E-state index contributed by atoms with van der Waals surface area (Å²) in [5, 5.41) is 14.0. The monoisotopic (exact) mass is 532 g/mol. The standard InChI is InChI=1S/C26H25F5N6O/c1-35(16-9-6-10-37(14-16)13-15-7-4-3-5-8-15)25-32-12-18-22(34-36(2)24(18)33-25)17-11-19(26(29,30)31)21(28)23(38)20(17)27/h3-5,7-8,11-12,16,38H,6,9-10,13-14H2,1-2H3. The number of likely N-dealkylation sites (N-methyl/N-ethyl adjacent to an activating group) is 1. The smallest absolute Gasteiger partial charge is 0.419 e. The van der Waals surface area contributed by atoms with Crippen molar-refractivity contribution in [2.75, 3.05) is 25.0 Å². The Labute approximate surface area is 215 Å². The van der Waals surface area contributed by atoms with Crippen LogP contribution in [0.2, 0.25) is 0 Å². The molecule has 2 aromatic heterocycles. The zero-order valence-corrected chi connectivity index (χ0v) is 20.7. The molecule has 200 valence electrons. The second kappa shape index (κ2) is 9.82. The van der Waals surface area contributed by atoms with Gasteiger partial charge in [-0.25, -0.2) is 18.4 Å². The van der Waals surface area contributed by atoms with Crippen LogP contribution in [0, 0.1) is 11.6 Å². The SMILES string of the molecule is CN(c1ncc2c(-c3cc(C(F)(F)F)c(F)c(O)c3F)nn(C)c2n1)C1CCCN(Cc2ccccc2)C1. The summed E-state index contributed by atoms with van der Waals surface area (Å²) in [7, 11) is 3.39. The second-order valence-corrected chi connectivity index (χ2v) is 9.45. The Morgan fingerprint density at radius 3 is 2.58 bits per heavy atom. The fourth-order valence-electron chi connectivity index (χ4n) is 4.89. The largest absolute Gasteiger partial charge is 0.503 e. The molecule has 1 unspecified atom stereocenters. The fourth-order valence-corrected chi connectivity index (χ4v) is 4.89. The van der Waals surface area contributed by atoms with Gasteiger partial charge in [0.1, 0.15) is 5.69 Å². The van der Waals surface area contributed by atoms with Crippen molar-refractivity contribution in [3.8, 4) is 17.0 Å². The number of piperidine rings is 1. The third-order valence-electron chi connectivity index (χ3n) is 6.90. The lowest BCUT2D eigenvalue weighted by Crippen LogP contribution is -2.46. The molecule has 38 heavy (non-hydrogen) atoms. The third kappa shape index (κ3) is 4.75. The summed E-state index contributed by atoms with van der Waals surface area (Å²) in [6.07, 6.45) is -1.86. The molecule has 0 bridgehead atoms. The van der Waals surface area contributed by atoms with E-state index in [1.54, 1.807) is 0 Å². The van der Waals surface area contributed by atoms with E-state index in [0.717, 1.165) is 32.5 Å². The predicted molar refractivity (Wildman–Crippen MR) is 131 cm³/mol. The Hall–Kier alpha value is -3.80. The van der Waals surface area contributed by atoms with Gasteiger partial charge < -0.3 is 10.0 Å². The average molecular weight is 533 g/mol. The molecule has 4 aromatic rings. The molecule has 1 fully saturated rings. The molecule has 0 amide bonds. The first kappa shape index (κ1) is 25.8. The number of anilines is 1. The van der Waals surface area contributed by atoms with Gasteiger partial charge >= 0.3 is 6.18 Å². The van der Waals surface area contributed by atoms with E-state index in [0.29, 0.717) is 12.0 Å². The van der Waals surface area contributed by atoms with Gasteiger partial charge in [-0.05, 0) is 31.0 Å². The molecular weight excluding hydrogens is 507 g/mol. The molecule has 3 heterocycles. The number of aromatic hydroxyl groups is 1. The Bertz CT molecular complexity index is 1470. The lowest BCUT2D eigenvalue weighted by atomic mass is 10.0. The van der Waals surface area contributed by atoms with Crippen molar-refractivity contribution >= 4 is 17.0 Å². The topological polar surface area (TPSA) is 70.3 Å². The minimum atomic E-state index is -5.14. The molecule has 1 N–H and O–H groups in total. The lowest BCUT2D eigenvalue weighted by molar-refractivity contribution is -0.140. The van der Waals surface area contributed by atoms with Crippen molar-refractivity contribution in [2.45, 2.75) is 31.6 Å². The Morgan fingerprint density at radius 2 is 1.87 bits per heavy atom. The van der Waals surface area contributed by atoms with Gasteiger partial charge in [-0.3, -0.25) is 4.90 Å². The number of aryl methyl sites for hydroxylation is 1. The van der Waals surface area contributed by atoms with Gasteiger partial charge in [-0.2, -0.15) is 23.3 Å². The molecule has 1 atom stereocenters. The second-order valence-electron chi connectivity index (χ2n) is 9.45. The molecular formula is C26H25F5N6O. The highest BCUT2D eigenvalue weighted by Crippen LogP contribution is 2.41. The predicted octanol–water partition coefficient (Wildman–Crippen LogP) is 5.13. The number of alkyl halides is 3. The number of phenols is 1. The highest BCUT2D eigenvalue weighted by molar-refractivity contribution is 5.91. The number of hydrogen-bond donors (Lipinski definition) is 1. The van der Waals surface area contributed by atoms with Crippen molar-refractivity contribution < 1.29 is 27.1 Å². The molecule has 1 aliphatic rings. The van der Waals surface area contributed by atoms with Crippen LogP contribution in [0.3, 0.4) is 0 Å². The first-order valence-corrected chi connectivity index (χ1v) is 12.0. The number of benzene rings is 2. The van der Waals surface area contributed by atoms with Gasteiger partial charge in [-0.15, -0.1) is 0 Å². The van der Waals surface area contributed by atoms with Crippen LogP contribution in [-0.4, -0.2) is 55.9 Å². The van der Waals surface area contributed by atoms with Crippen LogP contribution in [-0.2, 0) is 19.8 Å². The van der Waals surface area contributed by atoms with Crippen LogP contribution in [0.1, 0.15) is 24.0 Å². The van der Waals surface area contributed by atoms with E-state index in [4.69, 9.17) is 0 Å². The van der Waals surface area contributed by atoms with E-state index in [9.17, 15) is 27.1 Å². The molecule has 0 radical (unpaired) electrons. The molecule has 7 nitrogen and oxygen atoms in total. The highest BCUT2D eigenvalue weighted by atomic mass is 19.4. The van der Waals surface area contributed by atoms with Gasteiger partial charge in [-0.1, -0.05) is 30.3 Å². The van der Waals surface area contributed by atoms with Crippen LogP contribution in [0.15, 0.2) is 42.6 Å². The summed E-state index contributed by atoms with van der Waals surface area (Å²) in [6.45, 7) is 2.59. The van der Waals surface area contributed by atoms with E-state index < -0.39 is 34.7 Å². The number of halogens is 5. The maximum atomic E-state index is 14.7. The number of rotatable bonds is 5. The first-order valence-electron chi connectivity index (χ1n) is 12.0. The van der Waals surface area contributed by atoms with Crippen LogP contribution >= 0.6 is 0 Å². The van der Waals surface area contributed by atoms with Gasteiger partial charge in [0, 0.05) is 45.0 Å². The summed E-state index contributed by atoms with van der Waals surface area (Å²) >= 11 is 0. The van der Waals surface area contributed by atoms with E-state index in [1.807, 2.05) is 30.1 Å². The summed E-state index contributed by atoms with van der Waals surface area (Å²) in [6, 6.07) is 10.6. The van der Waals surface area contributed by atoms with Crippen molar-refractivity contribution in [3.05, 3.63) is 65.4 Å². The number of fused-ring (bicyclic) bond motifs is 1. The molecule has 0 aliphatic carbocycles. The maximum absolute atomic E-state index is 14.7. The summed E-state index contributed by atoms with van der Waals surface area (Å²) in [4.78, 5) is 13.3. The van der Waals surface area contributed by atoms with E-state index >= 15 is 0 Å². The van der Waals surface area contributed by atoms with E-state index in [-0.39, 0.29) is 22.8 Å². The average Bonchev–Trinajstić information content (AvgIpc) is 3.22. The van der Waals surface area contributed by atoms with Crippen LogP contribution < -0.4 is 4.90 Å². The lowest BCUT2D eigenvalue weighted by Gasteiger charge is -2.37. The Kier molecular flexibility index (Phi) is 6.68. The minimum Gasteiger partial charge on any atom is -0.503 e. The summed E-state index contributed by atoms with van der Waals surface area (Å²) in [5.74, 6) is -4.95. The highest BCUT2D eigenvalue weighted by Gasteiger charge is 2.38. The number of hydrogen-bond acceptors (Lipinski definition) is 6. The fraction of sp³-hybridized carbons (Fsp3) is 0.346. The van der Waals surface area contributed by atoms with Crippen molar-refractivity contribution in [1.82, 2.24) is 24.6 Å². The maximum Gasteiger partial charge on any atom is 0.419 e. The minimum absolute atomic E-state index is 0.124. The van der Waals surface area contributed by atoms with Gasteiger partial charge in [0.2, 0.25) is 5.95 Å².